The fourth-order valence-electron chi connectivity index (χ4n) is 3.82. The molecule has 9 nitrogen and oxygen atoms in total. The van der Waals surface area contributed by atoms with Crippen LogP contribution < -0.4 is 15.4 Å². The number of rotatable bonds is 6. The second kappa shape index (κ2) is 8.86. The fourth-order valence-corrected chi connectivity index (χ4v) is 3.82. The Labute approximate surface area is 196 Å². The Kier molecular flexibility index (Phi) is 5.93. The van der Waals surface area contributed by atoms with Crippen molar-refractivity contribution in [1.82, 2.24) is 15.1 Å². The summed E-state index contributed by atoms with van der Waals surface area (Å²) in [5.41, 5.74) is 3.20. The molecule has 0 unspecified atom stereocenters. The van der Waals surface area contributed by atoms with Crippen LogP contribution in [0, 0.1) is 0 Å². The van der Waals surface area contributed by atoms with Gasteiger partial charge >= 0.3 is 0 Å². The lowest BCUT2D eigenvalue weighted by Crippen LogP contribution is -2.39. The molecule has 4 rings (SSSR count). The second-order valence-corrected chi connectivity index (χ2v) is 7.97. The number of benzene rings is 2. The van der Waals surface area contributed by atoms with E-state index in [0.29, 0.717) is 23.5 Å². The van der Waals surface area contributed by atoms with Crippen molar-refractivity contribution >= 4 is 29.3 Å². The van der Waals surface area contributed by atoms with Gasteiger partial charge in [-0.25, -0.2) is 0 Å². The first-order valence-electron chi connectivity index (χ1n) is 10.7. The zero-order chi connectivity index (χ0) is 24.6. The zero-order valence-corrected chi connectivity index (χ0v) is 18.9. The monoisotopic (exact) mass is 460 g/mol. The Bertz CT molecular complexity index is 1270. The predicted octanol–water partition coefficient (Wildman–Crippen LogP) is 2.26. The van der Waals surface area contributed by atoms with Crippen LogP contribution in [0.25, 0.3) is 11.1 Å². The number of fused-ring (bicyclic) bond motifs is 2. The predicted molar refractivity (Wildman–Crippen MR) is 126 cm³/mol. The number of carbonyl (C=O) groups is 4. The van der Waals surface area contributed by atoms with E-state index in [0.717, 1.165) is 16.7 Å². The molecule has 2 aromatic rings. The Balaban J connectivity index is 1.56. The summed E-state index contributed by atoms with van der Waals surface area (Å²) < 4.78 is 5.51. The minimum atomic E-state index is -0.677. The number of ether oxygens (including phenoxy) is 1. The molecule has 0 bridgehead atoms. The van der Waals surface area contributed by atoms with E-state index >= 15 is 0 Å². The number of nitrogens with zero attached hydrogens (tertiary/aromatic N) is 2. The van der Waals surface area contributed by atoms with Crippen LogP contribution in [-0.2, 0) is 20.9 Å². The quantitative estimate of drug-likeness (QED) is 0.643. The lowest BCUT2D eigenvalue weighted by atomic mass is 9.96. The van der Waals surface area contributed by atoms with E-state index < -0.39 is 11.8 Å². The highest BCUT2D eigenvalue weighted by Crippen LogP contribution is 2.38. The standard InChI is InChI=1S/C25H24N4O5/c1-5-28(4)24(32)14(2)26-23(31)15(3)29-12-19-17(7-6-8-18(19)25(29)33)16-9-10-20-21(11-16)34-13-22(30)27-20/h6-11H,2-3,5,12-13H2,1,4H3,(H,26,31)(H,27,30). The maximum atomic E-state index is 13.1. The van der Waals surface area contributed by atoms with Crippen LogP contribution in [0.15, 0.2) is 61.0 Å². The smallest absolute Gasteiger partial charge is 0.271 e. The van der Waals surface area contributed by atoms with Gasteiger partial charge in [-0.15, -0.1) is 0 Å². The van der Waals surface area contributed by atoms with Gasteiger partial charge in [-0.1, -0.05) is 31.4 Å². The average molecular weight is 460 g/mol. The highest BCUT2D eigenvalue weighted by atomic mass is 16.5. The molecule has 0 spiro atoms. The molecule has 0 aliphatic carbocycles. The van der Waals surface area contributed by atoms with E-state index in [4.69, 9.17) is 4.74 Å². The molecular weight excluding hydrogens is 436 g/mol. The van der Waals surface area contributed by atoms with E-state index in [2.05, 4.69) is 23.8 Å². The van der Waals surface area contributed by atoms with Gasteiger partial charge in [-0.3, -0.25) is 24.1 Å². The van der Waals surface area contributed by atoms with Crippen molar-refractivity contribution in [2.75, 3.05) is 25.5 Å². The molecule has 174 valence electrons. The van der Waals surface area contributed by atoms with Gasteiger partial charge in [0.05, 0.1) is 17.9 Å². The van der Waals surface area contributed by atoms with Crippen LogP contribution in [-0.4, -0.2) is 53.6 Å². The molecule has 2 aliphatic heterocycles. The van der Waals surface area contributed by atoms with E-state index in [1.165, 1.54) is 9.80 Å². The maximum Gasteiger partial charge on any atom is 0.271 e. The zero-order valence-electron chi connectivity index (χ0n) is 18.9. The third-order valence-electron chi connectivity index (χ3n) is 5.82. The van der Waals surface area contributed by atoms with Crippen LogP contribution in [0.1, 0.15) is 22.8 Å². The summed E-state index contributed by atoms with van der Waals surface area (Å²) in [4.78, 5) is 52.2. The molecule has 2 heterocycles. The number of anilines is 1. The lowest BCUT2D eigenvalue weighted by Gasteiger charge is -2.20. The van der Waals surface area contributed by atoms with Gasteiger partial charge < -0.3 is 20.3 Å². The number of hydrogen-bond acceptors (Lipinski definition) is 5. The molecular formula is C25H24N4O5. The van der Waals surface area contributed by atoms with Gasteiger partial charge in [-0.05, 0) is 41.8 Å². The van der Waals surface area contributed by atoms with E-state index in [9.17, 15) is 19.2 Å². The van der Waals surface area contributed by atoms with Crippen LogP contribution >= 0.6 is 0 Å². The van der Waals surface area contributed by atoms with Crippen LogP contribution in [0.4, 0.5) is 5.69 Å². The molecule has 2 N–H and O–H groups in total. The van der Waals surface area contributed by atoms with Gasteiger partial charge in [0.15, 0.2) is 6.61 Å². The van der Waals surface area contributed by atoms with Gasteiger partial charge in [-0.2, -0.15) is 0 Å². The number of amides is 4. The summed E-state index contributed by atoms with van der Waals surface area (Å²) >= 11 is 0. The third kappa shape index (κ3) is 4.03. The Morgan fingerprint density at radius 1 is 1.18 bits per heavy atom. The average Bonchev–Trinajstić information content (AvgIpc) is 3.18. The number of likely N-dealkylation sites (N-methyl/N-ethyl adjacent to an activating group) is 1. The summed E-state index contributed by atoms with van der Waals surface area (Å²) in [6, 6.07) is 10.7. The molecule has 0 saturated carbocycles. The van der Waals surface area contributed by atoms with Crippen LogP contribution in [0.5, 0.6) is 5.75 Å². The normalized spacial score (nSPS) is 13.9. The highest BCUT2D eigenvalue weighted by molar-refractivity contribution is 6.08. The van der Waals surface area contributed by atoms with Crippen molar-refractivity contribution in [2.45, 2.75) is 13.5 Å². The van der Waals surface area contributed by atoms with Crippen molar-refractivity contribution in [1.29, 1.82) is 0 Å². The molecule has 2 aliphatic rings. The molecule has 0 fully saturated rings. The largest absolute Gasteiger partial charge is 0.482 e. The van der Waals surface area contributed by atoms with Crippen molar-refractivity contribution in [2.24, 2.45) is 0 Å². The van der Waals surface area contributed by atoms with E-state index in [1.54, 1.807) is 38.2 Å². The first-order chi connectivity index (χ1) is 16.2. The topological polar surface area (TPSA) is 108 Å². The molecule has 34 heavy (non-hydrogen) atoms. The summed E-state index contributed by atoms with van der Waals surface area (Å²) in [6.07, 6.45) is 0. The Hall–Kier alpha value is -4.40. The third-order valence-corrected chi connectivity index (χ3v) is 5.82. The molecule has 0 aromatic heterocycles. The molecule has 4 amide bonds. The minimum absolute atomic E-state index is 0.0631. The molecule has 0 radical (unpaired) electrons. The number of carbonyl (C=O) groups excluding carboxylic acids is 4. The Morgan fingerprint density at radius 3 is 2.65 bits per heavy atom. The molecule has 9 heteroatoms. The van der Waals surface area contributed by atoms with Gasteiger partial charge in [0, 0.05) is 19.2 Å². The van der Waals surface area contributed by atoms with Crippen molar-refractivity contribution in [3.8, 4) is 16.9 Å². The van der Waals surface area contributed by atoms with Crippen molar-refractivity contribution < 1.29 is 23.9 Å². The fraction of sp³-hybridized carbons (Fsp3) is 0.200. The lowest BCUT2D eigenvalue weighted by molar-refractivity contribution is -0.128. The van der Waals surface area contributed by atoms with Crippen molar-refractivity contribution in [3.05, 3.63) is 72.1 Å². The van der Waals surface area contributed by atoms with Crippen LogP contribution in [0.3, 0.4) is 0 Å². The van der Waals surface area contributed by atoms with Gasteiger partial charge in [0.1, 0.15) is 11.4 Å². The molecule has 2 aromatic carbocycles. The second-order valence-electron chi connectivity index (χ2n) is 7.97. The first-order valence-corrected chi connectivity index (χ1v) is 10.7. The van der Waals surface area contributed by atoms with E-state index in [-0.39, 0.29) is 36.4 Å². The first kappa shape index (κ1) is 22.8. The molecule has 0 atom stereocenters. The highest BCUT2D eigenvalue weighted by Gasteiger charge is 2.34. The van der Waals surface area contributed by atoms with Gasteiger partial charge in [0.2, 0.25) is 0 Å². The van der Waals surface area contributed by atoms with Crippen molar-refractivity contribution in [3.63, 3.8) is 0 Å². The number of hydrogen-bond donors (Lipinski definition) is 2. The van der Waals surface area contributed by atoms with Gasteiger partial charge in [0.25, 0.3) is 23.6 Å². The van der Waals surface area contributed by atoms with E-state index in [1.807, 2.05) is 12.1 Å². The Morgan fingerprint density at radius 2 is 1.91 bits per heavy atom. The van der Waals surface area contributed by atoms with Crippen LogP contribution in [0.2, 0.25) is 0 Å². The maximum absolute atomic E-state index is 13.1. The minimum Gasteiger partial charge on any atom is -0.482 e. The summed E-state index contributed by atoms with van der Waals surface area (Å²) in [7, 11) is 1.59. The molecule has 0 saturated heterocycles. The summed E-state index contributed by atoms with van der Waals surface area (Å²) in [6.45, 7) is 9.73. The SMILES string of the molecule is C=C(NC(=O)C(=C)N1Cc2c(cccc2-c2ccc3c(c2)OCC(=O)N3)C1=O)C(=O)N(C)CC. The summed E-state index contributed by atoms with van der Waals surface area (Å²) in [5, 5.41) is 5.18. The summed E-state index contributed by atoms with van der Waals surface area (Å²) in [5.74, 6) is -1.14. The number of nitrogens with one attached hydrogen (secondary N) is 2.